The van der Waals surface area contributed by atoms with E-state index in [1.165, 1.54) is 6.92 Å². The van der Waals surface area contributed by atoms with Crippen molar-refractivity contribution in [3.05, 3.63) is 45.6 Å². The van der Waals surface area contributed by atoms with E-state index in [1.807, 2.05) is 12.1 Å². The molecule has 11 nitrogen and oxygen atoms in total. The highest BCUT2D eigenvalue weighted by Crippen LogP contribution is 2.50. The predicted octanol–water partition coefficient (Wildman–Crippen LogP) is 3.28. The lowest BCUT2D eigenvalue weighted by Crippen LogP contribution is -2.41. The molecule has 1 aliphatic carbocycles. The van der Waals surface area contributed by atoms with E-state index in [4.69, 9.17) is 18.9 Å². The number of rotatable bonds is 14. The van der Waals surface area contributed by atoms with E-state index >= 15 is 0 Å². The van der Waals surface area contributed by atoms with Gasteiger partial charge in [0.05, 0.1) is 46.3 Å². The number of nitrogens with one attached hydrogen (secondary N) is 3. The summed E-state index contributed by atoms with van der Waals surface area (Å²) in [6, 6.07) is 6.90. The van der Waals surface area contributed by atoms with E-state index in [-0.39, 0.29) is 23.3 Å². The zero-order chi connectivity index (χ0) is 31.5. The van der Waals surface area contributed by atoms with E-state index in [2.05, 4.69) is 20.9 Å². The van der Waals surface area contributed by atoms with E-state index in [1.54, 1.807) is 33.5 Å². The number of amides is 2. The molecule has 1 saturated heterocycles. The summed E-state index contributed by atoms with van der Waals surface area (Å²) in [7, 11) is 4.72. The van der Waals surface area contributed by atoms with Crippen molar-refractivity contribution in [2.45, 2.75) is 51.5 Å². The Morgan fingerprint density at radius 2 is 1.75 bits per heavy atom. The Bertz CT molecular complexity index is 1360. The lowest BCUT2D eigenvalue weighted by atomic mass is 9.95. The molecule has 0 spiro atoms. The van der Waals surface area contributed by atoms with Gasteiger partial charge in [-0.05, 0) is 60.6 Å². The molecule has 240 valence electrons. The normalized spacial score (nSPS) is 16.1. The lowest BCUT2D eigenvalue weighted by molar-refractivity contribution is -0.121. The fraction of sp³-hybridized carbons (Fsp3) is 0.545. The molecule has 2 aromatic carbocycles. The molecule has 1 atom stereocenters. The Hall–Kier alpha value is -3.83. The second kappa shape index (κ2) is 16.3. The van der Waals surface area contributed by atoms with E-state index in [0.29, 0.717) is 55.3 Å². The van der Waals surface area contributed by atoms with Crippen molar-refractivity contribution in [1.29, 1.82) is 0 Å². The van der Waals surface area contributed by atoms with Gasteiger partial charge in [-0.15, -0.1) is 0 Å². The zero-order valence-corrected chi connectivity index (χ0v) is 26.4. The number of hydrogen-bond donors (Lipinski definition) is 3. The molecule has 2 aliphatic rings. The minimum absolute atomic E-state index is 0.0725. The maximum Gasteiger partial charge on any atom is 0.220 e. The molecule has 4 rings (SSSR count). The molecule has 44 heavy (non-hydrogen) atoms. The van der Waals surface area contributed by atoms with Gasteiger partial charge in [-0.1, -0.05) is 12.5 Å². The minimum Gasteiger partial charge on any atom is -0.493 e. The topological polar surface area (TPSA) is 127 Å². The SMILES string of the molecule is COc1cc2c(c(OC)c1OC)-c1ccc(NCCCCCC(=O)NCCN3CCOCC3)c(=O)cc1[C@@H](NC(C)=O)CC2. The van der Waals surface area contributed by atoms with E-state index in [0.717, 1.165) is 74.4 Å². The van der Waals surface area contributed by atoms with Crippen LogP contribution >= 0.6 is 0 Å². The number of aryl methyl sites for hydroxylation is 1. The van der Waals surface area contributed by atoms with Crippen molar-refractivity contribution >= 4 is 17.5 Å². The van der Waals surface area contributed by atoms with Crippen molar-refractivity contribution < 1.29 is 28.5 Å². The molecule has 11 heteroatoms. The second-order valence-electron chi connectivity index (χ2n) is 11.1. The zero-order valence-electron chi connectivity index (χ0n) is 26.4. The monoisotopic (exact) mass is 610 g/mol. The third-order valence-corrected chi connectivity index (χ3v) is 8.17. The maximum atomic E-state index is 13.4. The highest BCUT2D eigenvalue weighted by molar-refractivity contribution is 5.83. The first-order chi connectivity index (χ1) is 21.4. The van der Waals surface area contributed by atoms with Crippen LogP contribution in [0.2, 0.25) is 0 Å². The molecular formula is C33H46N4O7. The molecular weight excluding hydrogens is 564 g/mol. The van der Waals surface area contributed by atoms with E-state index < -0.39 is 0 Å². The van der Waals surface area contributed by atoms with Gasteiger partial charge in [0.1, 0.15) is 0 Å². The summed E-state index contributed by atoms with van der Waals surface area (Å²) < 4.78 is 22.4. The highest BCUT2D eigenvalue weighted by atomic mass is 16.5. The Balaban J connectivity index is 1.43. The first kappa shape index (κ1) is 33.1. The number of fused-ring (bicyclic) bond motifs is 3. The van der Waals surface area contributed by atoms with Crippen molar-refractivity contribution in [2.75, 3.05) is 72.6 Å². The molecule has 2 aromatic rings. The Morgan fingerprint density at radius 1 is 0.977 bits per heavy atom. The first-order valence-electron chi connectivity index (χ1n) is 15.4. The average molecular weight is 611 g/mol. The number of anilines is 1. The van der Waals surface area contributed by atoms with Crippen LogP contribution in [0.4, 0.5) is 5.69 Å². The Kier molecular flexibility index (Phi) is 12.3. The van der Waals surface area contributed by atoms with Gasteiger partial charge in [-0.3, -0.25) is 19.3 Å². The van der Waals surface area contributed by atoms with Gasteiger partial charge in [0, 0.05) is 51.6 Å². The second-order valence-corrected chi connectivity index (χ2v) is 11.1. The highest BCUT2D eigenvalue weighted by Gasteiger charge is 2.29. The van der Waals surface area contributed by atoms with Gasteiger partial charge in [0.15, 0.2) is 11.5 Å². The summed E-state index contributed by atoms with van der Waals surface area (Å²) in [5.41, 5.74) is 3.62. The summed E-state index contributed by atoms with van der Waals surface area (Å²) >= 11 is 0. The van der Waals surface area contributed by atoms with Crippen molar-refractivity contribution in [3.63, 3.8) is 0 Å². The number of nitrogens with zero attached hydrogens (tertiary/aromatic N) is 1. The number of hydrogen-bond acceptors (Lipinski definition) is 9. The van der Waals surface area contributed by atoms with Gasteiger partial charge < -0.3 is 34.9 Å². The smallest absolute Gasteiger partial charge is 0.220 e. The summed E-state index contributed by atoms with van der Waals surface area (Å²) in [5, 5.41) is 9.32. The quantitative estimate of drug-likeness (QED) is 0.276. The van der Waals surface area contributed by atoms with Gasteiger partial charge in [0.25, 0.3) is 0 Å². The van der Waals surface area contributed by atoms with Crippen molar-refractivity contribution in [2.24, 2.45) is 0 Å². The van der Waals surface area contributed by atoms with Crippen LogP contribution in [0, 0.1) is 0 Å². The van der Waals surface area contributed by atoms with Crippen molar-refractivity contribution in [3.8, 4) is 28.4 Å². The van der Waals surface area contributed by atoms with Crippen LogP contribution < -0.4 is 35.6 Å². The van der Waals surface area contributed by atoms with Crippen LogP contribution in [-0.2, 0) is 20.7 Å². The molecule has 3 N–H and O–H groups in total. The molecule has 0 unspecified atom stereocenters. The minimum atomic E-state index is -0.357. The van der Waals surface area contributed by atoms with Crippen LogP contribution in [-0.4, -0.2) is 84.0 Å². The fourth-order valence-corrected chi connectivity index (χ4v) is 5.93. The number of unbranched alkanes of at least 4 members (excludes halogenated alkanes) is 2. The van der Waals surface area contributed by atoms with Gasteiger partial charge in [0.2, 0.25) is 23.0 Å². The maximum absolute atomic E-state index is 13.4. The number of carbonyl (C=O) groups excluding carboxylic acids is 2. The standard InChI is InChI=1S/C33H46N4O7/c1-22(38)36-26-11-9-23-20-29(41-2)32(42-3)33(43-4)31(23)24-10-12-27(28(39)21-25(24)26)34-13-7-5-6-8-30(40)35-14-15-37-16-18-44-19-17-37/h10,12,20-21,26H,5-9,11,13-19H2,1-4H3,(H,34,39)(H,35,40)(H,36,38)/t26-/m0/s1. The molecule has 2 amide bonds. The lowest BCUT2D eigenvalue weighted by Gasteiger charge is -2.26. The molecule has 0 aromatic heterocycles. The molecule has 1 aliphatic heterocycles. The third kappa shape index (κ3) is 8.41. The largest absolute Gasteiger partial charge is 0.493 e. The van der Waals surface area contributed by atoms with Gasteiger partial charge in [-0.25, -0.2) is 0 Å². The number of morpholine rings is 1. The van der Waals surface area contributed by atoms with E-state index in [9.17, 15) is 14.4 Å². The molecule has 0 bridgehead atoms. The summed E-state index contributed by atoms with van der Waals surface area (Å²) in [6.45, 7) is 6.92. The fourth-order valence-electron chi connectivity index (χ4n) is 5.93. The molecule has 1 fully saturated rings. The molecule has 0 saturated carbocycles. The average Bonchev–Trinajstić information content (AvgIpc) is 3.26. The summed E-state index contributed by atoms with van der Waals surface area (Å²) in [5.74, 6) is 1.45. The van der Waals surface area contributed by atoms with Crippen LogP contribution in [0.25, 0.3) is 11.1 Å². The number of benzene rings is 1. The summed E-state index contributed by atoms with van der Waals surface area (Å²) in [4.78, 5) is 40.1. The Labute approximate surface area is 259 Å². The summed E-state index contributed by atoms with van der Waals surface area (Å²) in [6.07, 6.45) is 4.20. The van der Waals surface area contributed by atoms with Gasteiger partial charge >= 0.3 is 0 Å². The molecule has 1 heterocycles. The predicted molar refractivity (Wildman–Crippen MR) is 170 cm³/mol. The van der Waals surface area contributed by atoms with Crippen molar-refractivity contribution in [1.82, 2.24) is 15.5 Å². The Morgan fingerprint density at radius 3 is 2.45 bits per heavy atom. The third-order valence-electron chi connectivity index (χ3n) is 8.17. The van der Waals surface area contributed by atoms with Gasteiger partial charge in [-0.2, -0.15) is 0 Å². The first-order valence-corrected chi connectivity index (χ1v) is 15.4. The number of methoxy groups -OCH3 is 3. The van der Waals surface area contributed by atoms with Crippen LogP contribution in [0.5, 0.6) is 17.2 Å². The van der Waals surface area contributed by atoms with Crippen LogP contribution in [0.1, 0.15) is 56.2 Å². The number of carbonyl (C=O) groups is 2. The van der Waals surface area contributed by atoms with Crippen LogP contribution in [0.3, 0.4) is 0 Å². The number of ether oxygens (including phenoxy) is 4. The van der Waals surface area contributed by atoms with Crippen LogP contribution in [0.15, 0.2) is 29.1 Å². The molecule has 0 radical (unpaired) electrons.